The maximum Gasteiger partial charge on any atom is 0.0208 e. The molecule has 1 saturated carbocycles. The Bertz CT molecular complexity index is 356. The maximum atomic E-state index is 3.70. The highest BCUT2D eigenvalue weighted by molar-refractivity contribution is 9.10. The van der Waals surface area contributed by atoms with Crippen molar-refractivity contribution in [3.05, 3.63) is 34.3 Å². The van der Waals surface area contributed by atoms with Gasteiger partial charge in [0.25, 0.3) is 0 Å². The van der Waals surface area contributed by atoms with Gasteiger partial charge in [0.2, 0.25) is 0 Å². The van der Waals surface area contributed by atoms with Gasteiger partial charge in [0.1, 0.15) is 0 Å². The van der Waals surface area contributed by atoms with Gasteiger partial charge in [0.15, 0.2) is 0 Å². The molecule has 0 amide bonds. The van der Waals surface area contributed by atoms with E-state index in [4.69, 9.17) is 0 Å². The van der Waals surface area contributed by atoms with E-state index in [9.17, 15) is 0 Å². The van der Waals surface area contributed by atoms with Crippen molar-refractivity contribution >= 4 is 15.9 Å². The molecule has 1 aliphatic carbocycles. The second kappa shape index (κ2) is 7.30. The Labute approximate surface area is 119 Å². The van der Waals surface area contributed by atoms with Crippen molar-refractivity contribution in [1.29, 1.82) is 0 Å². The fourth-order valence-electron chi connectivity index (χ4n) is 2.90. The molecule has 2 heteroatoms. The van der Waals surface area contributed by atoms with E-state index in [0.717, 1.165) is 12.5 Å². The molecular formula is C16H24BrN. The Balaban J connectivity index is 1.81. The zero-order valence-corrected chi connectivity index (χ0v) is 12.9. The van der Waals surface area contributed by atoms with E-state index in [1.54, 1.807) is 0 Å². The fraction of sp³-hybridized carbons (Fsp3) is 0.625. The van der Waals surface area contributed by atoms with Crippen molar-refractivity contribution in [2.24, 2.45) is 5.92 Å². The number of hydrogen-bond donors (Lipinski definition) is 1. The molecule has 100 valence electrons. The molecule has 0 aliphatic heterocycles. The van der Waals surface area contributed by atoms with Crippen LogP contribution in [-0.2, 0) is 6.54 Å². The lowest BCUT2D eigenvalue weighted by Gasteiger charge is -2.23. The topological polar surface area (TPSA) is 12.0 Å². The predicted molar refractivity (Wildman–Crippen MR) is 81.6 cm³/mol. The maximum absolute atomic E-state index is 3.70. The van der Waals surface area contributed by atoms with Crippen molar-refractivity contribution in [3.63, 3.8) is 0 Å². The summed E-state index contributed by atoms with van der Waals surface area (Å²) in [5.74, 6) is 0.875. The van der Waals surface area contributed by atoms with Crippen LogP contribution in [-0.4, -0.2) is 6.04 Å². The standard InChI is InChI=1S/C16H24BrN/c1-13(15-8-4-2-3-5-9-15)18-12-14-7-6-10-16(17)11-14/h6-7,10-11,13,15,18H,2-5,8-9,12H2,1H3/t13-/m1/s1. The Hall–Kier alpha value is -0.340. The van der Waals surface area contributed by atoms with Crippen molar-refractivity contribution in [2.45, 2.75) is 58.0 Å². The Kier molecular flexibility index (Phi) is 5.71. The number of benzene rings is 1. The monoisotopic (exact) mass is 309 g/mol. The Morgan fingerprint density at radius 3 is 2.61 bits per heavy atom. The van der Waals surface area contributed by atoms with Crippen molar-refractivity contribution in [2.75, 3.05) is 0 Å². The zero-order valence-electron chi connectivity index (χ0n) is 11.3. The number of rotatable bonds is 4. The third kappa shape index (κ3) is 4.40. The lowest BCUT2D eigenvalue weighted by Crippen LogP contribution is -2.32. The zero-order chi connectivity index (χ0) is 12.8. The number of hydrogen-bond acceptors (Lipinski definition) is 1. The predicted octanol–water partition coefficient (Wildman–Crippen LogP) is 4.90. The molecular weight excluding hydrogens is 286 g/mol. The minimum atomic E-state index is 0.641. The van der Waals surface area contributed by atoms with E-state index < -0.39 is 0 Å². The molecule has 0 radical (unpaired) electrons. The molecule has 1 fully saturated rings. The van der Waals surface area contributed by atoms with Gasteiger partial charge in [0.05, 0.1) is 0 Å². The lowest BCUT2D eigenvalue weighted by atomic mass is 9.93. The Morgan fingerprint density at radius 2 is 1.94 bits per heavy atom. The lowest BCUT2D eigenvalue weighted by molar-refractivity contribution is 0.336. The summed E-state index contributed by atoms with van der Waals surface area (Å²) in [5.41, 5.74) is 1.37. The molecule has 18 heavy (non-hydrogen) atoms. The smallest absolute Gasteiger partial charge is 0.0208 e. The summed E-state index contributed by atoms with van der Waals surface area (Å²) in [5, 5.41) is 3.70. The van der Waals surface area contributed by atoms with Gasteiger partial charge in [-0.25, -0.2) is 0 Å². The highest BCUT2D eigenvalue weighted by atomic mass is 79.9. The average Bonchev–Trinajstić information content (AvgIpc) is 2.65. The van der Waals surface area contributed by atoms with Crippen molar-refractivity contribution < 1.29 is 0 Å². The van der Waals surface area contributed by atoms with E-state index in [1.165, 1.54) is 48.6 Å². The molecule has 1 aromatic rings. The first-order valence-corrected chi connectivity index (χ1v) is 8.03. The quantitative estimate of drug-likeness (QED) is 0.780. The Morgan fingerprint density at radius 1 is 1.22 bits per heavy atom. The molecule has 1 aromatic carbocycles. The van der Waals surface area contributed by atoms with E-state index in [1.807, 2.05) is 0 Å². The van der Waals surface area contributed by atoms with Crippen LogP contribution in [0.3, 0.4) is 0 Å². The van der Waals surface area contributed by atoms with Crippen LogP contribution < -0.4 is 5.32 Å². The average molecular weight is 310 g/mol. The second-order valence-electron chi connectivity index (χ2n) is 5.55. The first-order chi connectivity index (χ1) is 8.75. The van der Waals surface area contributed by atoms with Crippen molar-refractivity contribution in [1.82, 2.24) is 5.32 Å². The second-order valence-corrected chi connectivity index (χ2v) is 6.47. The van der Waals surface area contributed by atoms with Gasteiger partial charge in [-0.3, -0.25) is 0 Å². The molecule has 1 atom stereocenters. The van der Waals surface area contributed by atoms with E-state index in [0.29, 0.717) is 6.04 Å². The summed E-state index contributed by atoms with van der Waals surface area (Å²) in [6, 6.07) is 9.22. The van der Waals surface area contributed by atoms with Gasteiger partial charge >= 0.3 is 0 Å². The molecule has 0 bridgehead atoms. The molecule has 1 N–H and O–H groups in total. The van der Waals surface area contributed by atoms with Crippen molar-refractivity contribution in [3.8, 4) is 0 Å². The summed E-state index contributed by atoms with van der Waals surface area (Å²) in [7, 11) is 0. The summed E-state index contributed by atoms with van der Waals surface area (Å²) >= 11 is 3.53. The first kappa shape index (κ1) is 14.1. The van der Waals surface area contributed by atoms with E-state index in [2.05, 4.69) is 52.4 Å². The first-order valence-electron chi connectivity index (χ1n) is 7.23. The van der Waals surface area contributed by atoms with Crippen LogP contribution in [0.15, 0.2) is 28.7 Å². The summed E-state index contributed by atoms with van der Waals surface area (Å²) in [4.78, 5) is 0. The van der Waals surface area contributed by atoms with Gasteiger partial charge in [0, 0.05) is 17.1 Å². The molecule has 0 saturated heterocycles. The molecule has 0 spiro atoms. The third-order valence-corrected chi connectivity index (χ3v) is 4.62. The van der Waals surface area contributed by atoms with Gasteiger partial charge in [-0.2, -0.15) is 0 Å². The van der Waals surface area contributed by atoms with Crippen LogP contribution in [0, 0.1) is 5.92 Å². The van der Waals surface area contributed by atoms with E-state index in [-0.39, 0.29) is 0 Å². The normalized spacial score (nSPS) is 19.4. The van der Waals surface area contributed by atoms with Crippen LogP contribution in [0.4, 0.5) is 0 Å². The highest BCUT2D eigenvalue weighted by Crippen LogP contribution is 2.25. The number of nitrogens with one attached hydrogen (secondary N) is 1. The van der Waals surface area contributed by atoms with Crippen LogP contribution in [0.25, 0.3) is 0 Å². The minimum absolute atomic E-state index is 0.641. The molecule has 1 aliphatic rings. The van der Waals surface area contributed by atoms with Gasteiger partial charge in [-0.05, 0) is 43.4 Å². The fourth-order valence-corrected chi connectivity index (χ4v) is 3.35. The molecule has 0 aromatic heterocycles. The van der Waals surface area contributed by atoms with Crippen LogP contribution in [0.5, 0.6) is 0 Å². The summed E-state index contributed by atoms with van der Waals surface area (Å²) < 4.78 is 1.17. The minimum Gasteiger partial charge on any atom is -0.310 e. The van der Waals surface area contributed by atoms with Gasteiger partial charge in [-0.1, -0.05) is 53.7 Å². The summed E-state index contributed by atoms with van der Waals surface area (Å²) in [6.07, 6.45) is 8.55. The molecule has 0 heterocycles. The number of halogens is 1. The van der Waals surface area contributed by atoms with Gasteiger partial charge in [-0.15, -0.1) is 0 Å². The molecule has 1 nitrogen and oxygen atoms in total. The largest absolute Gasteiger partial charge is 0.310 e. The third-order valence-electron chi connectivity index (χ3n) is 4.12. The molecule has 2 rings (SSSR count). The van der Waals surface area contributed by atoms with Gasteiger partial charge < -0.3 is 5.32 Å². The van der Waals surface area contributed by atoms with Crippen LogP contribution >= 0.6 is 15.9 Å². The van der Waals surface area contributed by atoms with E-state index >= 15 is 0 Å². The van der Waals surface area contributed by atoms with Crippen LogP contribution in [0.2, 0.25) is 0 Å². The SMILES string of the molecule is C[C@@H](NCc1cccc(Br)c1)C1CCCCCC1. The summed E-state index contributed by atoms with van der Waals surface area (Å²) in [6.45, 7) is 3.34. The highest BCUT2D eigenvalue weighted by Gasteiger charge is 2.18. The van der Waals surface area contributed by atoms with Crippen LogP contribution in [0.1, 0.15) is 51.0 Å². The molecule has 0 unspecified atom stereocenters.